The molecule has 0 atom stereocenters. The smallest absolute Gasteiger partial charge is 0.543 e. The number of nitrogens with zero attached hydrogens (tertiary/aromatic N) is 3. The first-order chi connectivity index (χ1) is 8.87. The summed E-state index contributed by atoms with van der Waals surface area (Å²) in [6.07, 6.45) is 3.38. The fourth-order valence-electron chi connectivity index (χ4n) is 1.62. The Labute approximate surface area is 139 Å². The van der Waals surface area contributed by atoms with Crippen molar-refractivity contribution >= 4 is 5.97 Å². The van der Waals surface area contributed by atoms with Crippen LogP contribution < -0.4 is 40.1 Å². The summed E-state index contributed by atoms with van der Waals surface area (Å²) < 4.78 is 1.72. The van der Waals surface area contributed by atoms with Crippen LogP contribution >= 0.6 is 0 Å². The third-order valence-corrected chi connectivity index (χ3v) is 2.28. The quantitative estimate of drug-likeness (QED) is 0.638. The Bertz CT molecular complexity index is 604. The van der Waals surface area contributed by atoms with Crippen LogP contribution in [0.3, 0.4) is 0 Å². The van der Waals surface area contributed by atoms with E-state index < -0.39 is 5.97 Å². The van der Waals surface area contributed by atoms with Gasteiger partial charge in [0.25, 0.3) is 0 Å². The number of carbonyl (C=O) groups is 1. The number of rotatable bonds is 3. The third-order valence-electron chi connectivity index (χ3n) is 2.28. The van der Waals surface area contributed by atoms with Crippen molar-refractivity contribution in [1.29, 1.82) is 0 Å². The number of aromatic nitrogens is 3. The van der Waals surface area contributed by atoms with Gasteiger partial charge < -0.3 is 15.3 Å². The zero-order valence-corrected chi connectivity index (χ0v) is 14.0. The maximum atomic E-state index is 10.8. The monoisotopic (exact) mass is 282 g/mol. The van der Waals surface area contributed by atoms with Gasteiger partial charge in [-0.1, -0.05) is 6.07 Å². The maximum Gasteiger partial charge on any atom is 1.00 e. The van der Waals surface area contributed by atoms with Gasteiger partial charge in [-0.05, 0) is 32.9 Å². The molecule has 2 aromatic heterocycles. The molecule has 0 fully saturated rings. The number of carboxylic acids is 1. The molecule has 0 aliphatic rings. The molecule has 0 aromatic carbocycles. The predicted octanol–water partition coefficient (Wildman–Crippen LogP) is -2.35. The van der Waals surface area contributed by atoms with E-state index in [1.54, 1.807) is 29.2 Å². The summed E-state index contributed by atoms with van der Waals surface area (Å²) in [5, 5.41) is 10.8. The normalized spacial score (nSPS) is 10.8. The molecule has 1 N–H and O–H groups in total. The van der Waals surface area contributed by atoms with Gasteiger partial charge in [-0.3, -0.25) is 0 Å². The Morgan fingerprint density at radius 3 is 2.65 bits per heavy atom. The summed E-state index contributed by atoms with van der Waals surface area (Å²) >= 11 is 0. The van der Waals surface area contributed by atoms with Crippen molar-refractivity contribution in [3.05, 3.63) is 36.3 Å². The molecule has 100 valence electrons. The van der Waals surface area contributed by atoms with E-state index in [4.69, 9.17) is 0 Å². The molecule has 0 bridgehead atoms. The molecule has 7 heteroatoms. The van der Waals surface area contributed by atoms with E-state index in [0.29, 0.717) is 11.5 Å². The van der Waals surface area contributed by atoms with Gasteiger partial charge in [0, 0.05) is 17.9 Å². The van der Waals surface area contributed by atoms with Crippen LogP contribution in [0.25, 0.3) is 11.5 Å². The summed E-state index contributed by atoms with van der Waals surface area (Å²) in [6, 6.07) is 4.71. The summed E-state index contributed by atoms with van der Waals surface area (Å²) in [4.78, 5) is 19.0. The van der Waals surface area contributed by atoms with Crippen molar-refractivity contribution in [3.63, 3.8) is 0 Å². The van der Waals surface area contributed by atoms with E-state index in [-0.39, 0.29) is 40.8 Å². The molecule has 2 aromatic rings. The molecule has 2 rings (SSSR count). The Kier molecular flexibility index (Phi) is 5.33. The minimum Gasteiger partial charge on any atom is -0.543 e. The Balaban J connectivity index is 0.00000200. The Morgan fingerprint density at radius 2 is 2.05 bits per heavy atom. The van der Waals surface area contributed by atoms with Gasteiger partial charge in [-0.15, -0.1) is 0 Å². The first-order valence-corrected chi connectivity index (χ1v) is 5.87. The molecule has 20 heavy (non-hydrogen) atoms. The van der Waals surface area contributed by atoms with Crippen LogP contribution in [0.15, 0.2) is 30.6 Å². The second-order valence-corrected chi connectivity index (χ2v) is 5.18. The van der Waals surface area contributed by atoms with Gasteiger partial charge >= 0.3 is 29.6 Å². The van der Waals surface area contributed by atoms with Crippen molar-refractivity contribution in [2.45, 2.75) is 26.3 Å². The largest absolute Gasteiger partial charge is 1.00 e. The van der Waals surface area contributed by atoms with Gasteiger partial charge in [-0.2, -0.15) is 0 Å². The van der Waals surface area contributed by atoms with Crippen molar-refractivity contribution in [3.8, 4) is 11.5 Å². The molecular weight excluding hydrogens is 267 g/mol. The van der Waals surface area contributed by atoms with Crippen LogP contribution in [0.2, 0.25) is 0 Å². The average Bonchev–Trinajstić information content (AvgIpc) is 2.75. The number of carbonyl (C=O) groups excluding carboxylic acids is 1. The van der Waals surface area contributed by atoms with E-state index >= 15 is 0 Å². The Hall–Kier alpha value is -1.37. The number of hydrogen-bond acceptors (Lipinski definition) is 5. The zero-order valence-electron chi connectivity index (χ0n) is 12.0. The van der Waals surface area contributed by atoms with Crippen LogP contribution in [0, 0.1) is 0 Å². The maximum absolute atomic E-state index is 10.8. The third kappa shape index (κ3) is 4.06. The summed E-state index contributed by atoms with van der Waals surface area (Å²) in [5.74, 6) is -0.748. The topological polar surface area (TPSA) is 82.9 Å². The molecule has 0 saturated heterocycles. The molecule has 0 radical (unpaired) electrons. The second kappa shape index (κ2) is 6.39. The fraction of sp³-hybridized carbons (Fsp3) is 0.308. The number of carboxylic acid groups (broad SMARTS) is 1. The molecule has 0 unspecified atom stereocenters. The minimum atomic E-state index is -1.30. The van der Waals surface area contributed by atoms with Crippen molar-refractivity contribution in [2.24, 2.45) is 0 Å². The van der Waals surface area contributed by atoms with Gasteiger partial charge in [0.1, 0.15) is 5.69 Å². The summed E-state index contributed by atoms with van der Waals surface area (Å²) in [6.45, 7) is 6.05. The average molecular weight is 282 g/mol. The first kappa shape index (κ1) is 16.7. The molecule has 2 heterocycles. The zero-order chi connectivity index (χ0) is 14.0. The van der Waals surface area contributed by atoms with E-state index in [9.17, 15) is 9.90 Å². The standard InChI is InChI=1S/C13H16N4O2.Na/c1-13(2,3)16-17-8-7-14-11(17)9-5-4-6-10(15-9)12(18)19;/h4-8,16H,1-3H3,(H,18,19);/q;+1/p-1. The van der Waals surface area contributed by atoms with Gasteiger partial charge in [0.15, 0.2) is 5.82 Å². The molecule has 6 nitrogen and oxygen atoms in total. The predicted molar refractivity (Wildman–Crippen MR) is 68.9 cm³/mol. The van der Waals surface area contributed by atoms with E-state index in [2.05, 4.69) is 15.4 Å². The van der Waals surface area contributed by atoms with Gasteiger partial charge in [0.05, 0.1) is 11.7 Å². The van der Waals surface area contributed by atoms with Crippen molar-refractivity contribution in [2.75, 3.05) is 5.43 Å². The van der Waals surface area contributed by atoms with Crippen LogP contribution in [-0.4, -0.2) is 26.2 Å². The summed E-state index contributed by atoms with van der Waals surface area (Å²) in [7, 11) is 0. The number of hydrogen-bond donors (Lipinski definition) is 1. The molecule has 0 spiro atoms. The van der Waals surface area contributed by atoms with Gasteiger partial charge in [-0.25, -0.2) is 14.6 Å². The Morgan fingerprint density at radius 1 is 1.35 bits per heavy atom. The first-order valence-electron chi connectivity index (χ1n) is 5.87. The number of pyridine rings is 1. The SMILES string of the molecule is CC(C)(C)Nn1ccnc1-c1cccc(C(=O)[O-])n1.[Na+]. The van der Waals surface area contributed by atoms with Crippen LogP contribution in [0.5, 0.6) is 0 Å². The second-order valence-electron chi connectivity index (χ2n) is 5.18. The van der Waals surface area contributed by atoms with Crippen molar-refractivity contribution < 1.29 is 39.5 Å². The van der Waals surface area contributed by atoms with E-state index in [0.717, 1.165) is 0 Å². The van der Waals surface area contributed by atoms with Crippen LogP contribution in [0.1, 0.15) is 31.3 Å². The minimum absolute atomic E-state index is 0. The van der Waals surface area contributed by atoms with E-state index in [1.165, 1.54) is 6.07 Å². The fourth-order valence-corrected chi connectivity index (χ4v) is 1.62. The molecule has 0 amide bonds. The number of imidazole rings is 1. The molecule has 0 saturated carbocycles. The van der Waals surface area contributed by atoms with Crippen LogP contribution in [0.4, 0.5) is 0 Å². The van der Waals surface area contributed by atoms with E-state index in [1.807, 2.05) is 20.8 Å². The number of nitrogens with one attached hydrogen (secondary N) is 1. The molecular formula is C13H15N4NaO2. The molecule has 0 aliphatic heterocycles. The van der Waals surface area contributed by atoms with Crippen molar-refractivity contribution in [1.82, 2.24) is 14.6 Å². The van der Waals surface area contributed by atoms with Crippen LogP contribution in [-0.2, 0) is 0 Å². The summed E-state index contributed by atoms with van der Waals surface area (Å²) in [5.41, 5.74) is 3.44. The number of aromatic carboxylic acids is 1. The van der Waals surface area contributed by atoms with Gasteiger partial charge in [0.2, 0.25) is 0 Å². The molecule has 0 aliphatic carbocycles.